The van der Waals surface area contributed by atoms with Crippen LogP contribution in [0.1, 0.15) is 23.0 Å². The average Bonchev–Trinajstić information content (AvgIpc) is 3.42. The van der Waals surface area contributed by atoms with Gasteiger partial charge in [0.2, 0.25) is 0 Å². The molecular weight excluding hydrogens is 552 g/mol. The van der Waals surface area contributed by atoms with Crippen molar-refractivity contribution in [3.63, 3.8) is 0 Å². The Balaban J connectivity index is 1.41. The molecule has 1 amide bonds. The second kappa shape index (κ2) is 10.9. The van der Waals surface area contributed by atoms with Crippen LogP contribution < -0.4 is 15.6 Å². The molecule has 38 heavy (non-hydrogen) atoms. The van der Waals surface area contributed by atoms with Crippen molar-refractivity contribution in [3.8, 4) is 5.69 Å². The summed E-state index contributed by atoms with van der Waals surface area (Å²) in [4.78, 5) is 38.3. The number of carbonyl (C=O) groups excluding carboxylic acids is 2. The topological polar surface area (TPSA) is 128 Å². The van der Waals surface area contributed by atoms with E-state index in [4.69, 9.17) is 16.3 Å². The summed E-state index contributed by atoms with van der Waals surface area (Å²) >= 11 is 6.73. The number of anilines is 2. The molecule has 198 valence electrons. The molecule has 0 saturated carbocycles. The predicted octanol–water partition coefficient (Wildman–Crippen LogP) is 4.18. The smallest absolute Gasteiger partial charge is 0.338 e. The number of ether oxygens (including phenoxy) is 1. The third-order valence-corrected chi connectivity index (χ3v) is 8.75. The highest BCUT2D eigenvalue weighted by Gasteiger charge is 2.24. The molecule has 0 saturated heterocycles. The molecule has 0 radical (unpaired) electrons. The minimum atomic E-state index is -3.83. The lowest BCUT2D eigenvalue weighted by atomic mass is 10.2. The van der Waals surface area contributed by atoms with E-state index < -0.39 is 33.6 Å². The quantitative estimate of drug-likeness (QED) is 0.304. The van der Waals surface area contributed by atoms with E-state index in [0.29, 0.717) is 15.7 Å². The Bertz CT molecular complexity index is 1660. The number of halogens is 1. The zero-order valence-electron chi connectivity index (χ0n) is 20.5. The zero-order valence-corrected chi connectivity index (χ0v) is 22.9. The number of hydrogen-bond donors (Lipinski definition) is 2. The number of carbonyl (C=O) groups is 2. The molecule has 4 rings (SSSR count). The molecule has 2 aromatic carbocycles. The molecule has 2 N–H and O–H groups in total. The molecule has 1 unspecified atom stereocenters. The summed E-state index contributed by atoms with van der Waals surface area (Å²) in [5.41, 5.74) is 1.14. The number of hydrogen-bond acceptors (Lipinski definition) is 7. The lowest BCUT2D eigenvalue weighted by molar-refractivity contribution is -0.123. The Labute approximate surface area is 227 Å². The molecule has 0 aliphatic heterocycles. The van der Waals surface area contributed by atoms with Gasteiger partial charge in [-0.05, 0) is 62.4 Å². The van der Waals surface area contributed by atoms with Gasteiger partial charge in [0, 0.05) is 12.7 Å². The predicted molar refractivity (Wildman–Crippen MR) is 146 cm³/mol. The molecule has 4 aromatic rings. The molecule has 2 heterocycles. The van der Waals surface area contributed by atoms with Crippen molar-refractivity contribution in [3.05, 3.63) is 92.7 Å². The summed E-state index contributed by atoms with van der Waals surface area (Å²) < 4.78 is 36.0. The highest BCUT2D eigenvalue weighted by molar-refractivity contribution is 7.94. The summed E-state index contributed by atoms with van der Waals surface area (Å²) in [7, 11) is -2.13. The zero-order chi connectivity index (χ0) is 27.6. The summed E-state index contributed by atoms with van der Waals surface area (Å²) in [5, 5.41) is 2.56. The Morgan fingerprint density at radius 1 is 1.03 bits per heavy atom. The van der Waals surface area contributed by atoms with E-state index in [2.05, 4.69) is 10.0 Å². The van der Waals surface area contributed by atoms with Crippen LogP contribution in [-0.4, -0.2) is 35.8 Å². The van der Waals surface area contributed by atoms with Gasteiger partial charge >= 0.3 is 5.97 Å². The Morgan fingerprint density at radius 3 is 2.29 bits per heavy atom. The average molecular weight is 575 g/mol. The number of nitrogens with one attached hydrogen (secondary N) is 2. The summed E-state index contributed by atoms with van der Waals surface area (Å²) in [6.45, 7) is 3.08. The Kier molecular flexibility index (Phi) is 7.76. The lowest BCUT2D eigenvalue weighted by Crippen LogP contribution is -2.32. The molecule has 0 aliphatic rings. The summed E-state index contributed by atoms with van der Waals surface area (Å²) in [6.07, 6.45) is -1.21. The lowest BCUT2D eigenvalue weighted by Gasteiger charge is -2.13. The first-order chi connectivity index (χ1) is 18.0. The number of para-hydroxylation sites is 1. The first kappa shape index (κ1) is 27.2. The van der Waals surface area contributed by atoms with Crippen molar-refractivity contribution < 1.29 is 22.7 Å². The van der Waals surface area contributed by atoms with E-state index in [1.165, 1.54) is 48.0 Å². The second-order valence-corrected chi connectivity index (χ2v) is 11.8. The largest absolute Gasteiger partial charge is 0.449 e. The third-order valence-electron chi connectivity index (χ3n) is 5.64. The van der Waals surface area contributed by atoms with Crippen molar-refractivity contribution in [1.29, 1.82) is 0 Å². The van der Waals surface area contributed by atoms with E-state index in [0.717, 1.165) is 11.3 Å². The van der Waals surface area contributed by atoms with Gasteiger partial charge in [-0.1, -0.05) is 29.8 Å². The van der Waals surface area contributed by atoms with Crippen LogP contribution in [0, 0.1) is 6.92 Å². The first-order valence-corrected chi connectivity index (χ1v) is 13.9. The van der Waals surface area contributed by atoms with Crippen molar-refractivity contribution in [2.75, 3.05) is 10.0 Å². The number of amides is 1. The molecule has 0 aliphatic carbocycles. The van der Waals surface area contributed by atoms with Gasteiger partial charge in [-0.3, -0.25) is 19.0 Å². The number of thiophene rings is 1. The number of aromatic nitrogens is 2. The van der Waals surface area contributed by atoms with E-state index in [-0.39, 0.29) is 21.1 Å². The van der Waals surface area contributed by atoms with Crippen LogP contribution in [0.2, 0.25) is 4.34 Å². The van der Waals surface area contributed by atoms with Gasteiger partial charge in [0.05, 0.1) is 21.3 Å². The fourth-order valence-electron chi connectivity index (χ4n) is 3.54. The van der Waals surface area contributed by atoms with Crippen molar-refractivity contribution >= 4 is 56.2 Å². The second-order valence-electron chi connectivity index (χ2n) is 8.21. The van der Waals surface area contributed by atoms with Crippen LogP contribution in [0.3, 0.4) is 0 Å². The van der Waals surface area contributed by atoms with Crippen LogP contribution in [0.15, 0.2) is 75.7 Å². The number of nitrogens with zero attached hydrogens (tertiary/aromatic N) is 2. The highest BCUT2D eigenvalue weighted by atomic mass is 35.5. The van der Waals surface area contributed by atoms with E-state index in [1.54, 1.807) is 42.9 Å². The van der Waals surface area contributed by atoms with Crippen molar-refractivity contribution in [1.82, 2.24) is 9.36 Å². The van der Waals surface area contributed by atoms with Gasteiger partial charge in [0.15, 0.2) is 6.10 Å². The van der Waals surface area contributed by atoms with E-state index in [1.807, 2.05) is 6.07 Å². The maximum absolute atomic E-state index is 13.0. The van der Waals surface area contributed by atoms with Crippen LogP contribution in [0.5, 0.6) is 0 Å². The molecule has 10 nitrogen and oxygen atoms in total. The maximum Gasteiger partial charge on any atom is 0.338 e. The van der Waals surface area contributed by atoms with Crippen LogP contribution in [0.25, 0.3) is 5.69 Å². The van der Waals surface area contributed by atoms with Gasteiger partial charge in [0.1, 0.15) is 9.90 Å². The molecule has 13 heteroatoms. The number of benzene rings is 2. The van der Waals surface area contributed by atoms with Crippen LogP contribution in [-0.2, 0) is 26.6 Å². The Hall–Kier alpha value is -3.87. The normalized spacial score (nSPS) is 12.1. The van der Waals surface area contributed by atoms with E-state index in [9.17, 15) is 22.8 Å². The van der Waals surface area contributed by atoms with Crippen molar-refractivity contribution in [2.24, 2.45) is 7.05 Å². The first-order valence-electron chi connectivity index (χ1n) is 11.2. The molecule has 1 atom stereocenters. The third kappa shape index (κ3) is 5.67. The number of rotatable bonds is 8. The highest BCUT2D eigenvalue weighted by Crippen LogP contribution is 2.27. The standard InChI is InChI=1S/C25H23ClN4O6S2/c1-15-22(24(32)30(29(15)3)19-7-5-4-6-8-19)27-23(31)16(2)36-25(33)17-9-11-18(12-10-17)28-38(34,35)21-14-13-20(26)37-21/h4-14,16,28H,1-3H3,(H,27,31). The maximum atomic E-state index is 13.0. The van der Waals surface area contributed by atoms with Crippen LogP contribution >= 0.6 is 22.9 Å². The minimum absolute atomic E-state index is 0.0509. The molecule has 0 spiro atoms. The van der Waals surface area contributed by atoms with Gasteiger partial charge in [0.25, 0.3) is 21.5 Å². The fourth-order valence-corrected chi connectivity index (χ4v) is 6.08. The Morgan fingerprint density at radius 2 is 1.68 bits per heavy atom. The van der Waals surface area contributed by atoms with E-state index >= 15 is 0 Å². The molecule has 0 fully saturated rings. The van der Waals surface area contributed by atoms with Gasteiger partial charge in [-0.15, -0.1) is 11.3 Å². The van der Waals surface area contributed by atoms with Gasteiger partial charge < -0.3 is 10.1 Å². The summed E-state index contributed by atoms with van der Waals surface area (Å²) in [5.74, 6) is -1.47. The summed E-state index contributed by atoms with van der Waals surface area (Å²) in [6, 6.07) is 17.4. The van der Waals surface area contributed by atoms with Gasteiger partial charge in [-0.2, -0.15) is 0 Å². The fraction of sp³-hybridized carbons (Fsp3) is 0.160. The van der Waals surface area contributed by atoms with Crippen LogP contribution in [0.4, 0.5) is 11.4 Å². The minimum Gasteiger partial charge on any atom is -0.449 e. The monoisotopic (exact) mass is 574 g/mol. The number of esters is 1. The molecular formula is C25H23ClN4O6S2. The number of sulfonamides is 1. The van der Waals surface area contributed by atoms with Crippen molar-refractivity contribution in [2.45, 2.75) is 24.2 Å². The molecule has 0 bridgehead atoms. The van der Waals surface area contributed by atoms with Gasteiger partial charge in [-0.25, -0.2) is 17.9 Å². The SMILES string of the molecule is Cc1c(NC(=O)C(C)OC(=O)c2ccc(NS(=O)(=O)c3ccc(Cl)s3)cc2)c(=O)n(-c2ccccc2)n1C. The molecule has 2 aromatic heterocycles.